The molecule has 0 aromatic heterocycles. The molecule has 0 bridgehead atoms. The van der Waals surface area contributed by atoms with Gasteiger partial charge in [-0.15, -0.1) is 0 Å². The van der Waals surface area contributed by atoms with Crippen LogP contribution in [0.25, 0.3) is 0 Å². The van der Waals surface area contributed by atoms with E-state index in [1.807, 2.05) is 30.0 Å². The molecular formula is C25H30N4O3. The highest BCUT2D eigenvalue weighted by atomic mass is 16.2. The number of anilines is 3. The number of benzene rings is 2. The Bertz CT molecular complexity index is 993. The number of carbonyl (C=O) groups is 3. The fourth-order valence-electron chi connectivity index (χ4n) is 3.90. The van der Waals surface area contributed by atoms with E-state index in [0.29, 0.717) is 11.3 Å². The van der Waals surface area contributed by atoms with Gasteiger partial charge in [0.05, 0.1) is 6.54 Å². The van der Waals surface area contributed by atoms with Gasteiger partial charge in [0.25, 0.3) is 5.91 Å². The molecule has 0 atom stereocenters. The first-order valence-corrected chi connectivity index (χ1v) is 11.3. The summed E-state index contributed by atoms with van der Waals surface area (Å²) in [5.74, 6) is 0.0591. The molecule has 3 N–H and O–H groups in total. The summed E-state index contributed by atoms with van der Waals surface area (Å²) in [6.07, 6.45) is 5.21. The third kappa shape index (κ3) is 5.46. The van der Waals surface area contributed by atoms with Crippen molar-refractivity contribution >= 4 is 34.8 Å². The second-order valence-electron chi connectivity index (χ2n) is 8.57. The van der Waals surface area contributed by atoms with E-state index in [1.165, 1.54) is 6.42 Å². The van der Waals surface area contributed by atoms with Crippen LogP contribution in [-0.4, -0.2) is 42.3 Å². The van der Waals surface area contributed by atoms with Crippen LogP contribution in [0.5, 0.6) is 0 Å². The molecule has 3 amide bonds. The summed E-state index contributed by atoms with van der Waals surface area (Å²) < 4.78 is 0. The summed E-state index contributed by atoms with van der Waals surface area (Å²) in [6, 6.07) is 12.6. The summed E-state index contributed by atoms with van der Waals surface area (Å²) >= 11 is 0. The minimum atomic E-state index is -0.188. The molecule has 168 valence electrons. The minimum Gasteiger partial charge on any atom is -0.376 e. The van der Waals surface area contributed by atoms with Crippen molar-refractivity contribution in [1.82, 2.24) is 4.90 Å². The van der Waals surface area contributed by atoms with E-state index in [0.717, 1.165) is 55.7 Å². The summed E-state index contributed by atoms with van der Waals surface area (Å²) in [7, 11) is 0. The first kappa shape index (κ1) is 21.9. The normalized spacial score (nSPS) is 15.7. The Hall–Kier alpha value is -3.35. The van der Waals surface area contributed by atoms with Crippen LogP contribution in [0, 0.1) is 12.8 Å². The van der Waals surface area contributed by atoms with Gasteiger partial charge >= 0.3 is 0 Å². The Labute approximate surface area is 188 Å². The lowest BCUT2D eigenvalue weighted by molar-refractivity contribution is -0.117. The molecule has 4 rings (SSSR count). The molecule has 2 aromatic carbocycles. The smallest absolute Gasteiger partial charge is 0.253 e. The predicted molar refractivity (Wildman–Crippen MR) is 126 cm³/mol. The van der Waals surface area contributed by atoms with Gasteiger partial charge in [0.1, 0.15) is 0 Å². The van der Waals surface area contributed by atoms with Crippen LogP contribution in [0.4, 0.5) is 17.1 Å². The number of nitrogens with one attached hydrogen (secondary N) is 3. The highest BCUT2D eigenvalue weighted by Crippen LogP contribution is 2.31. The Morgan fingerprint density at radius 3 is 2.28 bits per heavy atom. The van der Waals surface area contributed by atoms with E-state index in [-0.39, 0.29) is 30.2 Å². The topological polar surface area (TPSA) is 90.5 Å². The van der Waals surface area contributed by atoms with Gasteiger partial charge in [0, 0.05) is 41.6 Å². The summed E-state index contributed by atoms with van der Waals surface area (Å²) in [5, 5.41) is 8.96. The number of nitrogens with zero attached hydrogens (tertiary/aromatic N) is 1. The third-order valence-corrected chi connectivity index (χ3v) is 6.04. The van der Waals surface area contributed by atoms with Gasteiger partial charge in [-0.2, -0.15) is 0 Å². The lowest BCUT2D eigenvalue weighted by Crippen LogP contribution is -2.35. The standard InChI is InChI=1S/C25H30N4O3/c1-17-21(6-5-7-22(17)28-24(31)18-8-9-18)26-16-23(30)27-20-12-10-19(11-13-20)25(32)29-14-3-2-4-15-29/h5-7,10-13,18,26H,2-4,8-9,14-16H2,1H3,(H,27,30)(H,28,31). The number of likely N-dealkylation sites (tertiary alicyclic amines) is 1. The Kier molecular flexibility index (Phi) is 6.73. The maximum atomic E-state index is 12.6. The molecule has 1 saturated heterocycles. The molecule has 7 heteroatoms. The van der Waals surface area contributed by atoms with Gasteiger partial charge in [0.2, 0.25) is 11.8 Å². The number of hydrogen-bond acceptors (Lipinski definition) is 4. The zero-order chi connectivity index (χ0) is 22.5. The zero-order valence-corrected chi connectivity index (χ0v) is 18.4. The van der Waals surface area contributed by atoms with E-state index in [1.54, 1.807) is 24.3 Å². The van der Waals surface area contributed by atoms with Crippen LogP contribution >= 0.6 is 0 Å². The second kappa shape index (κ2) is 9.85. The van der Waals surface area contributed by atoms with Crippen LogP contribution < -0.4 is 16.0 Å². The molecule has 0 unspecified atom stereocenters. The number of hydrogen-bond donors (Lipinski definition) is 3. The van der Waals surface area contributed by atoms with Gasteiger partial charge in [-0.3, -0.25) is 14.4 Å². The second-order valence-corrected chi connectivity index (χ2v) is 8.57. The van der Waals surface area contributed by atoms with Crippen LogP contribution in [0.2, 0.25) is 0 Å². The molecule has 1 heterocycles. The lowest BCUT2D eigenvalue weighted by Gasteiger charge is -2.26. The Balaban J connectivity index is 1.29. The van der Waals surface area contributed by atoms with Crippen LogP contribution in [0.15, 0.2) is 42.5 Å². The highest BCUT2D eigenvalue weighted by molar-refractivity contribution is 5.97. The number of carbonyl (C=O) groups excluding carboxylic acids is 3. The predicted octanol–water partition coefficient (Wildman–Crippen LogP) is 4.02. The van der Waals surface area contributed by atoms with Crippen molar-refractivity contribution in [2.24, 2.45) is 5.92 Å². The van der Waals surface area contributed by atoms with E-state index in [2.05, 4.69) is 16.0 Å². The van der Waals surface area contributed by atoms with Crippen LogP contribution in [0.3, 0.4) is 0 Å². The highest BCUT2D eigenvalue weighted by Gasteiger charge is 2.29. The number of amides is 3. The van der Waals surface area contributed by atoms with E-state index >= 15 is 0 Å². The fraction of sp³-hybridized carbons (Fsp3) is 0.400. The van der Waals surface area contributed by atoms with E-state index in [4.69, 9.17) is 0 Å². The zero-order valence-electron chi connectivity index (χ0n) is 18.4. The minimum absolute atomic E-state index is 0.0494. The van der Waals surface area contributed by atoms with Crippen LogP contribution in [-0.2, 0) is 9.59 Å². The summed E-state index contributed by atoms with van der Waals surface area (Å²) in [5.41, 5.74) is 3.75. The lowest BCUT2D eigenvalue weighted by atomic mass is 10.1. The van der Waals surface area contributed by atoms with Crippen molar-refractivity contribution in [3.8, 4) is 0 Å². The number of rotatable bonds is 7. The van der Waals surface area contributed by atoms with Crippen molar-refractivity contribution in [2.75, 3.05) is 35.6 Å². The van der Waals surface area contributed by atoms with E-state index < -0.39 is 0 Å². The van der Waals surface area contributed by atoms with Gasteiger partial charge in [0.15, 0.2) is 0 Å². The van der Waals surface area contributed by atoms with Crippen molar-refractivity contribution in [3.05, 3.63) is 53.6 Å². The van der Waals surface area contributed by atoms with Gasteiger partial charge in [-0.1, -0.05) is 6.07 Å². The first-order valence-electron chi connectivity index (χ1n) is 11.3. The average molecular weight is 435 g/mol. The molecule has 1 aliphatic heterocycles. The van der Waals surface area contributed by atoms with Crippen molar-refractivity contribution in [1.29, 1.82) is 0 Å². The molecule has 0 spiro atoms. The molecule has 2 aromatic rings. The van der Waals surface area contributed by atoms with E-state index in [9.17, 15) is 14.4 Å². The van der Waals surface area contributed by atoms with Crippen LogP contribution in [0.1, 0.15) is 48.0 Å². The molecular weight excluding hydrogens is 404 g/mol. The molecule has 32 heavy (non-hydrogen) atoms. The largest absolute Gasteiger partial charge is 0.376 e. The Morgan fingerprint density at radius 1 is 0.906 bits per heavy atom. The molecule has 1 saturated carbocycles. The fourth-order valence-corrected chi connectivity index (χ4v) is 3.90. The molecule has 7 nitrogen and oxygen atoms in total. The van der Waals surface area contributed by atoms with Gasteiger partial charge in [-0.05, 0) is 81.0 Å². The van der Waals surface area contributed by atoms with Gasteiger partial charge in [-0.25, -0.2) is 0 Å². The maximum Gasteiger partial charge on any atom is 0.253 e. The first-order chi connectivity index (χ1) is 15.5. The summed E-state index contributed by atoms with van der Waals surface area (Å²) in [6.45, 7) is 3.64. The van der Waals surface area contributed by atoms with Gasteiger partial charge < -0.3 is 20.9 Å². The van der Waals surface area contributed by atoms with Crippen molar-refractivity contribution in [2.45, 2.75) is 39.0 Å². The number of piperidine rings is 1. The van der Waals surface area contributed by atoms with Crippen molar-refractivity contribution in [3.63, 3.8) is 0 Å². The molecule has 0 radical (unpaired) electrons. The Morgan fingerprint density at radius 2 is 1.59 bits per heavy atom. The van der Waals surface area contributed by atoms with Crippen molar-refractivity contribution < 1.29 is 14.4 Å². The average Bonchev–Trinajstić information content (AvgIpc) is 3.66. The molecule has 2 fully saturated rings. The molecule has 1 aliphatic carbocycles. The molecule has 2 aliphatic rings. The monoisotopic (exact) mass is 434 g/mol. The third-order valence-electron chi connectivity index (χ3n) is 6.04. The SMILES string of the molecule is Cc1c(NCC(=O)Nc2ccc(C(=O)N3CCCCC3)cc2)cccc1NC(=O)C1CC1. The maximum absolute atomic E-state index is 12.6. The quantitative estimate of drug-likeness (QED) is 0.614. The summed E-state index contributed by atoms with van der Waals surface area (Å²) in [4.78, 5) is 38.9.